The highest BCUT2D eigenvalue weighted by molar-refractivity contribution is 5.84. The second-order valence-corrected chi connectivity index (χ2v) is 5.85. The zero-order valence-corrected chi connectivity index (χ0v) is 13.0. The van der Waals surface area contributed by atoms with Crippen molar-refractivity contribution in [3.63, 3.8) is 0 Å². The molecule has 2 aromatic rings. The summed E-state index contributed by atoms with van der Waals surface area (Å²) in [6, 6.07) is 6.94. The number of fused-ring (bicyclic) bond motifs is 1. The molecule has 1 aromatic heterocycles. The van der Waals surface area contributed by atoms with E-state index in [1.54, 1.807) is 0 Å². The standard InChI is InChI=1S/C16H24N4O/c1-4-21-14-10-6-9-13-15(14)18-16(17)20(13)19-11(2)7-5-8-12(19)3/h6,9-12H,4-5,7-8H2,1-3H3,(H2,17,18). The van der Waals surface area contributed by atoms with Gasteiger partial charge in [0.2, 0.25) is 5.95 Å². The fraction of sp³-hybridized carbons (Fsp3) is 0.562. The zero-order chi connectivity index (χ0) is 15.0. The second-order valence-electron chi connectivity index (χ2n) is 5.85. The molecule has 5 nitrogen and oxygen atoms in total. The van der Waals surface area contributed by atoms with Crippen molar-refractivity contribution in [1.82, 2.24) is 9.66 Å². The molecule has 21 heavy (non-hydrogen) atoms. The van der Waals surface area contributed by atoms with Crippen LogP contribution in [0.1, 0.15) is 40.0 Å². The molecule has 1 fully saturated rings. The van der Waals surface area contributed by atoms with Gasteiger partial charge in [0.1, 0.15) is 11.3 Å². The van der Waals surface area contributed by atoms with Gasteiger partial charge in [0, 0.05) is 12.1 Å². The van der Waals surface area contributed by atoms with E-state index in [9.17, 15) is 0 Å². The normalized spacial score (nSPS) is 22.7. The van der Waals surface area contributed by atoms with Crippen molar-refractivity contribution in [2.24, 2.45) is 0 Å². The fourth-order valence-corrected chi connectivity index (χ4v) is 3.40. The van der Waals surface area contributed by atoms with E-state index in [2.05, 4.69) is 34.6 Å². The molecule has 114 valence electrons. The molecule has 1 aliphatic rings. The lowest BCUT2D eigenvalue weighted by Gasteiger charge is -2.41. The molecular formula is C16H24N4O. The van der Waals surface area contributed by atoms with Gasteiger partial charge >= 0.3 is 0 Å². The highest BCUT2D eigenvalue weighted by Gasteiger charge is 2.28. The number of hydrogen-bond donors (Lipinski definition) is 1. The Balaban J connectivity index is 2.14. The highest BCUT2D eigenvalue weighted by atomic mass is 16.5. The molecule has 2 atom stereocenters. The summed E-state index contributed by atoms with van der Waals surface area (Å²) in [5.74, 6) is 1.34. The van der Waals surface area contributed by atoms with Crippen LogP contribution >= 0.6 is 0 Å². The smallest absolute Gasteiger partial charge is 0.220 e. The van der Waals surface area contributed by atoms with Crippen LogP contribution in [0.2, 0.25) is 0 Å². The van der Waals surface area contributed by atoms with Crippen LogP contribution in [0.15, 0.2) is 18.2 Å². The first-order chi connectivity index (χ1) is 10.1. The maximum absolute atomic E-state index is 6.23. The van der Waals surface area contributed by atoms with Gasteiger partial charge in [-0.25, -0.2) is 9.66 Å². The van der Waals surface area contributed by atoms with Gasteiger partial charge in [-0.15, -0.1) is 0 Å². The highest BCUT2D eigenvalue weighted by Crippen LogP contribution is 2.30. The molecule has 0 bridgehead atoms. The van der Waals surface area contributed by atoms with Gasteiger partial charge in [-0.1, -0.05) is 6.07 Å². The predicted molar refractivity (Wildman–Crippen MR) is 86.3 cm³/mol. The quantitative estimate of drug-likeness (QED) is 0.943. The zero-order valence-electron chi connectivity index (χ0n) is 13.0. The summed E-state index contributed by atoms with van der Waals surface area (Å²) in [4.78, 5) is 4.55. The summed E-state index contributed by atoms with van der Waals surface area (Å²) in [6.07, 6.45) is 3.65. The molecule has 2 N–H and O–H groups in total. The van der Waals surface area contributed by atoms with Crippen molar-refractivity contribution in [3.05, 3.63) is 18.2 Å². The number of hydrogen-bond acceptors (Lipinski definition) is 4. The summed E-state index contributed by atoms with van der Waals surface area (Å²) in [5, 5.41) is 2.36. The molecule has 1 aliphatic heterocycles. The van der Waals surface area contributed by atoms with E-state index in [1.807, 2.05) is 19.1 Å². The van der Waals surface area contributed by atoms with Crippen LogP contribution in [-0.4, -0.2) is 28.4 Å². The predicted octanol–water partition coefficient (Wildman–Crippen LogP) is 2.92. The molecule has 2 unspecified atom stereocenters. The van der Waals surface area contributed by atoms with E-state index in [4.69, 9.17) is 10.5 Å². The lowest BCUT2D eigenvalue weighted by molar-refractivity contribution is 0.341. The van der Waals surface area contributed by atoms with E-state index < -0.39 is 0 Å². The van der Waals surface area contributed by atoms with Crippen LogP contribution in [-0.2, 0) is 0 Å². The van der Waals surface area contributed by atoms with E-state index in [0.29, 0.717) is 24.6 Å². The number of imidazole rings is 1. The minimum Gasteiger partial charge on any atom is -0.492 e. The van der Waals surface area contributed by atoms with Crippen molar-refractivity contribution < 1.29 is 4.74 Å². The molecule has 3 rings (SSSR count). The van der Waals surface area contributed by atoms with Crippen LogP contribution < -0.4 is 15.5 Å². The number of anilines is 1. The lowest BCUT2D eigenvalue weighted by atomic mass is 10.00. The Labute approximate surface area is 125 Å². The van der Waals surface area contributed by atoms with Crippen molar-refractivity contribution in [2.75, 3.05) is 17.3 Å². The number of ether oxygens (including phenoxy) is 1. The van der Waals surface area contributed by atoms with Gasteiger partial charge in [0.25, 0.3) is 0 Å². The molecule has 2 heterocycles. The molecule has 0 aliphatic carbocycles. The summed E-state index contributed by atoms with van der Waals surface area (Å²) >= 11 is 0. The van der Waals surface area contributed by atoms with E-state index in [0.717, 1.165) is 16.8 Å². The average molecular weight is 288 g/mol. The van der Waals surface area contributed by atoms with Crippen LogP contribution in [0.3, 0.4) is 0 Å². The molecule has 0 spiro atoms. The summed E-state index contributed by atoms with van der Waals surface area (Å²) in [5.41, 5.74) is 8.10. The monoisotopic (exact) mass is 288 g/mol. The first kappa shape index (κ1) is 14.0. The Kier molecular flexibility index (Phi) is 3.66. The summed E-state index contributed by atoms with van der Waals surface area (Å²) in [6.45, 7) is 7.12. The van der Waals surface area contributed by atoms with Crippen LogP contribution in [0.4, 0.5) is 5.95 Å². The number of nitrogens with two attached hydrogens (primary N) is 1. The SMILES string of the molecule is CCOc1cccc2c1nc(N)n2N1C(C)CCCC1C. The summed E-state index contributed by atoms with van der Waals surface area (Å²) < 4.78 is 7.75. The van der Waals surface area contributed by atoms with Crippen LogP contribution in [0, 0.1) is 0 Å². The molecule has 1 saturated heterocycles. The van der Waals surface area contributed by atoms with Gasteiger partial charge in [0.05, 0.1) is 12.1 Å². The molecular weight excluding hydrogens is 264 g/mol. The fourth-order valence-electron chi connectivity index (χ4n) is 3.40. The second kappa shape index (κ2) is 5.47. The van der Waals surface area contributed by atoms with Gasteiger partial charge in [-0.2, -0.15) is 0 Å². The number of piperidine rings is 1. The number of aromatic nitrogens is 2. The Hall–Kier alpha value is -1.91. The molecule has 0 amide bonds. The molecule has 5 heteroatoms. The maximum atomic E-state index is 6.23. The topological polar surface area (TPSA) is 56.3 Å². The first-order valence-electron chi connectivity index (χ1n) is 7.81. The van der Waals surface area contributed by atoms with Crippen molar-refractivity contribution in [3.8, 4) is 5.75 Å². The van der Waals surface area contributed by atoms with Crippen LogP contribution in [0.5, 0.6) is 5.75 Å². The average Bonchev–Trinajstić information content (AvgIpc) is 2.77. The minimum atomic E-state index is 0.462. The third-order valence-corrected chi connectivity index (χ3v) is 4.33. The van der Waals surface area contributed by atoms with Gasteiger partial charge in [-0.05, 0) is 52.2 Å². The van der Waals surface area contributed by atoms with Crippen molar-refractivity contribution in [2.45, 2.75) is 52.1 Å². The number of para-hydroxylation sites is 1. The van der Waals surface area contributed by atoms with E-state index in [-0.39, 0.29) is 0 Å². The van der Waals surface area contributed by atoms with Crippen molar-refractivity contribution >= 4 is 17.0 Å². The van der Waals surface area contributed by atoms with Gasteiger partial charge in [-0.3, -0.25) is 0 Å². The number of nitrogens with zero attached hydrogens (tertiary/aromatic N) is 3. The van der Waals surface area contributed by atoms with Gasteiger partial charge in [0.15, 0.2) is 0 Å². The van der Waals surface area contributed by atoms with E-state index >= 15 is 0 Å². The first-order valence-corrected chi connectivity index (χ1v) is 7.81. The lowest BCUT2D eigenvalue weighted by Crippen LogP contribution is -2.51. The summed E-state index contributed by atoms with van der Waals surface area (Å²) in [7, 11) is 0. The number of rotatable bonds is 3. The Morgan fingerprint density at radius 3 is 2.67 bits per heavy atom. The molecule has 1 aromatic carbocycles. The minimum absolute atomic E-state index is 0.462. The number of nitrogen functional groups attached to an aromatic ring is 1. The van der Waals surface area contributed by atoms with Crippen molar-refractivity contribution in [1.29, 1.82) is 0 Å². The van der Waals surface area contributed by atoms with E-state index in [1.165, 1.54) is 19.3 Å². The Bertz CT molecular complexity index is 626. The largest absolute Gasteiger partial charge is 0.492 e. The van der Waals surface area contributed by atoms with Gasteiger partial charge < -0.3 is 15.5 Å². The Morgan fingerprint density at radius 2 is 2.00 bits per heavy atom. The third-order valence-electron chi connectivity index (χ3n) is 4.33. The molecule has 0 saturated carbocycles. The Morgan fingerprint density at radius 1 is 1.29 bits per heavy atom. The number of benzene rings is 1. The third kappa shape index (κ3) is 2.30. The maximum Gasteiger partial charge on any atom is 0.220 e. The molecule has 0 radical (unpaired) electrons. The van der Waals surface area contributed by atoms with Crippen LogP contribution in [0.25, 0.3) is 11.0 Å².